The van der Waals surface area contributed by atoms with E-state index in [1.807, 2.05) is 6.92 Å². The van der Waals surface area contributed by atoms with Crippen LogP contribution in [0, 0.1) is 0 Å². The zero-order valence-electron chi connectivity index (χ0n) is 13.3. The van der Waals surface area contributed by atoms with Gasteiger partial charge in [0.15, 0.2) is 0 Å². The molecular weight excluding hydrogens is 352 g/mol. The van der Waals surface area contributed by atoms with Crippen molar-refractivity contribution < 1.29 is 14.3 Å². The number of nitrogens with zero attached hydrogens (tertiary/aromatic N) is 3. The normalized spacial score (nSPS) is 10.3. The quantitative estimate of drug-likeness (QED) is 0.619. The predicted octanol–water partition coefficient (Wildman–Crippen LogP) is 3.82. The Balaban J connectivity index is 2.00. The SMILES string of the molecule is CCCCOC(=O)c1cccc(NC(=O)N(C)c2nnc(Cl)s2)c1. The molecule has 0 aliphatic heterocycles. The van der Waals surface area contributed by atoms with Gasteiger partial charge in [-0.05, 0) is 36.2 Å². The first-order valence-corrected chi connectivity index (χ1v) is 8.51. The smallest absolute Gasteiger partial charge is 0.338 e. The summed E-state index contributed by atoms with van der Waals surface area (Å²) in [5, 5.41) is 10.5. The number of rotatable bonds is 6. The van der Waals surface area contributed by atoms with Crippen molar-refractivity contribution in [3.63, 3.8) is 0 Å². The van der Waals surface area contributed by atoms with Gasteiger partial charge in [-0.25, -0.2) is 9.59 Å². The number of benzene rings is 1. The van der Waals surface area contributed by atoms with Crippen molar-refractivity contribution in [1.29, 1.82) is 0 Å². The molecule has 0 saturated carbocycles. The summed E-state index contributed by atoms with van der Waals surface area (Å²) in [5.41, 5.74) is 0.859. The Hall–Kier alpha value is -2.19. The van der Waals surface area contributed by atoms with E-state index in [0.717, 1.165) is 24.2 Å². The van der Waals surface area contributed by atoms with Crippen LogP contribution in [0.1, 0.15) is 30.1 Å². The van der Waals surface area contributed by atoms with Gasteiger partial charge in [0, 0.05) is 12.7 Å². The van der Waals surface area contributed by atoms with Gasteiger partial charge in [-0.3, -0.25) is 4.90 Å². The predicted molar refractivity (Wildman–Crippen MR) is 94.0 cm³/mol. The molecule has 0 fully saturated rings. The van der Waals surface area contributed by atoms with Crippen molar-refractivity contribution in [2.45, 2.75) is 19.8 Å². The minimum atomic E-state index is -0.417. The van der Waals surface area contributed by atoms with Crippen LogP contribution < -0.4 is 10.2 Å². The van der Waals surface area contributed by atoms with E-state index in [2.05, 4.69) is 15.5 Å². The van der Waals surface area contributed by atoms with Crippen LogP contribution in [0.4, 0.5) is 15.6 Å². The monoisotopic (exact) mass is 368 g/mol. The molecule has 0 saturated heterocycles. The zero-order chi connectivity index (χ0) is 17.5. The number of ether oxygens (including phenoxy) is 1. The molecule has 0 aliphatic carbocycles. The van der Waals surface area contributed by atoms with Gasteiger partial charge in [-0.15, -0.1) is 10.2 Å². The number of unbranched alkanes of at least 4 members (excludes halogenated alkanes) is 1. The number of anilines is 2. The van der Waals surface area contributed by atoms with Gasteiger partial charge in [-0.2, -0.15) is 0 Å². The first kappa shape index (κ1) is 18.2. The zero-order valence-corrected chi connectivity index (χ0v) is 14.9. The third-order valence-corrected chi connectivity index (χ3v) is 4.16. The number of carbonyl (C=O) groups excluding carboxylic acids is 2. The second-order valence-corrected chi connectivity index (χ2v) is 6.44. The van der Waals surface area contributed by atoms with Crippen molar-refractivity contribution in [3.05, 3.63) is 34.3 Å². The highest BCUT2D eigenvalue weighted by Crippen LogP contribution is 2.23. The second kappa shape index (κ2) is 8.60. The molecule has 9 heteroatoms. The van der Waals surface area contributed by atoms with E-state index >= 15 is 0 Å². The Bertz CT molecular complexity index is 722. The molecule has 2 aromatic rings. The molecule has 2 rings (SSSR count). The Labute approximate surface area is 148 Å². The fourth-order valence-corrected chi connectivity index (χ4v) is 2.52. The van der Waals surface area contributed by atoms with Gasteiger partial charge in [-0.1, -0.05) is 30.7 Å². The fourth-order valence-electron chi connectivity index (χ4n) is 1.74. The number of urea groups is 1. The van der Waals surface area contributed by atoms with Crippen LogP contribution in [0.2, 0.25) is 4.47 Å². The Morgan fingerprint density at radius 3 is 2.83 bits per heavy atom. The Kier molecular flexibility index (Phi) is 6.51. The van der Waals surface area contributed by atoms with Crippen LogP contribution in [-0.4, -0.2) is 35.9 Å². The van der Waals surface area contributed by atoms with Crippen molar-refractivity contribution in [2.24, 2.45) is 0 Å². The Morgan fingerprint density at radius 2 is 2.17 bits per heavy atom. The van der Waals surface area contributed by atoms with Gasteiger partial charge in [0.05, 0.1) is 12.2 Å². The summed E-state index contributed by atoms with van der Waals surface area (Å²) in [6.45, 7) is 2.40. The number of halogens is 1. The van der Waals surface area contributed by atoms with Crippen molar-refractivity contribution >= 4 is 45.8 Å². The van der Waals surface area contributed by atoms with E-state index < -0.39 is 12.0 Å². The highest BCUT2D eigenvalue weighted by Gasteiger charge is 2.16. The number of amides is 2. The molecule has 2 amide bonds. The summed E-state index contributed by atoms with van der Waals surface area (Å²) < 4.78 is 5.41. The van der Waals surface area contributed by atoms with E-state index in [0.29, 0.717) is 23.0 Å². The summed E-state index contributed by atoms with van der Waals surface area (Å²) >= 11 is 6.80. The maximum Gasteiger partial charge on any atom is 0.338 e. The molecule has 0 aliphatic rings. The lowest BCUT2D eigenvalue weighted by Gasteiger charge is -2.14. The van der Waals surface area contributed by atoms with Crippen LogP contribution in [0.3, 0.4) is 0 Å². The maximum atomic E-state index is 12.2. The number of nitrogens with one attached hydrogen (secondary N) is 1. The minimum absolute atomic E-state index is 0.251. The fraction of sp³-hybridized carbons (Fsp3) is 0.333. The lowest BCUT2D eigenvalue weighted by molar-refractivity contribution is 0.0500. The molecule has 128 valence electrons. The van der Waals surface area contributed by atoms with E-state index in [-0.39, 0.29) is 4.47 Å². The molecule has 0 spiro atoms. The van der Waals surface area contributed by atoms with Gasteiger partial charge >= 0.3 is 12.0 Å². The van der Waals surface area contributed by atoms with Crippen molar-refractivity contribution in [1.82, 2.24) is 10.2 Å². The topological polar surface area (TPSA) is 84.4 Å². The van der Waals surface area contributed by atoms with E-state index in [9.17, 15) is 9.59 Å². The first-order chi connectivity index (χ1) is 11.5. The third kappa shape index (κ3) is 4.90. The minimum Gasteiger partial charge on any atom is -0.462 e. The standard InChI is InChI=1S/C15H17ClN4O3S/c1-3-4-8-23-12(21)10-6-5-7-11(9-10)17-14(22)20(2)15-19-18-13(16)24-15/h5-7,9H,3-4,8H2,1-2H3,(H,17,22). The van der Waals surface area contributed by atoms with Crippen LogP contribution in [-0.2, 0) is 4.74 Å². The molecule has 0 bridgehead atoms. The third-order valence-electron chi connectivity index (χ3n) is 3.06. The number of carbonyl (C=O) groups is 2. The van der Waals surface area contributed by atoms with Crippen LogP contribution >= 0.6 is 22.9 Å². The van der Waals surface area contributed by atoms with Gasteiger partial charge in [0.1, 0.15) is 0 Å². The molecule has 0 radical (unpaired) electrons. The molecule has 0 atom stereocenters. The van der Waals surface area contributed by atoms with Crippen LogP contribution in [0.25, 0.3) is 0 Å². The molecule has 1 N–H and O–H groups in total. The van der Waals surface area contributed by atoms with Crippen molar-refractivity contribution in [2.75, 3.05) is 23.9 Å². The van der Waals surface area contributed by atoms with Gasteiger partial charge in [0.25, 0.3) is 0 Å². The summed E-state index contributed by atoms with van der Waals surface area (Å²) in [7, 11) is 1.55. The van der Waals surface area contributed by atoms with E-state index in [1.165, 1.54) is 4.90 Å². The molecule has 1 heterocycles. The largest absolute Gasteiger partial charge is 0.462 e. The van der Waals surface area contributed by atoms with E-state index in [4.69, 9.17) is 16.3 Å². The molecule has 24 heavy (non-hydrogen) atoms. The highest BCUT2D eigenvalue weighted by molar-refractivity contribution is 7.19. The van der Waals surface area contributed by atoms with Crippen LogP contribution in [0.15, 0.2) is 24.3 Å². The molecular formula is C15H17ClN4O3S. The average molecular weight is 369 g/mol. The second-order valence-electron chi connectivity index (χ2n) is 4.90. The molecule has 1 aromatic carbocycles. The molecule has 1 aromatic heterocycles. The highest BCUT2D eigenvalue weighted by atomic mass is 35.5. The lowest BCUT2D eigenvalue weighted by Crippen LogP contribution is -2.31. The Morgan fingerprint density at radius 1 is 1.38 bits per heavy atom. The number of hydrogen-bond acceptors (Lipinski definition) is 6. The van der Waals surface area contributed by atoms with Gasteiger partial charge < -0.3 is 10.1 Å². The van der Waals surface area contributed by atoms with Crippen LogP contribution in [0.5, 0.6) is 0 Å². The van der Waals surface area contributed by atoms with Gasteiger partial charge in [0.2, 0.25) is 9.60 Å². The lowest BCUT2D eigenvalue weighted by atomic mass is 10.2. The number of aromatic nitrogens is 2. The molecule has 0 unspecified atom stereocenters. The molecule has 7 nitrogen and oxygen atoms in total. The first-order valence-electron chi connectivity index (χ1n) is 7.32. The average Bonchev–Trinajstić information content (AvgIpc) is 3.01. The maximum absolute atomic E-state index is 12.2. The summed E-state index contributed by atoms with van der Waals surface area (Å²) in [6.07, 6.45) is 1.77. The summed E-state index contributed by atoms with van der Waals surface area (Å²) in [6, 6.07) is 6.14. The van der Waals surface area contributed by atoms with Crippen molar-refractivity contribution in [3.8, 4) is 0 Å². The summed E-state index contributed by atoms with van der Waals surface area (Å²) in [5.74, 6) is -0.413. The van der Waals surface area contributed by atoms with E-state index in [1.54, 1.807) is 31.3 Å². The number of hydrogen-bond donors (Lipinski definition) is 1. The summed E-state index contributed by atoms with van der Waals surface area (Å²) in [4.78, 5) is 25.4. The number of esters is 1.